The average Bonchev–Trinajstić information content (AvgIpc) is 2.97. The van der Waals surface area contributed by atoms with E-state index in [1.54, 1.807) is 12.1 Å². The van der Waals surface area contributed by atoms with Crippen molar-refractivity contribution in [1.82, 2.24) is 0 Å². The van der Waals surface area contributed by atoms with Gasteiger partial charge in [0.05, 0.1) is 5.39 Å². The number of aliphatic hydroxyl groups excluding tert-OH is 3. The molecule has 6 N–H and O–H groups in total. The summed E-state index contributed by atoms with van der Waals surface area (Å²) in [5.74, 6) is -1.04. The lowest BCUT2D eigenvalue weighted by Gasteiger charge is -2.39. The number of fused-ring (bicyclic) bond motifs is 1. The van der Waals surface area contributed by atoms with Crippen molar-refractivity contribution < 1.29 is 54.1 Å². The van der Waals surface area contributed by atoms with Crippen LogP contribution in [0.3, 0.4) is 0 Å². The van der Waals surface area contributed by atoms with Gasteiger partial charge in [0.25, 0.3) is 0 Å². The summed E-state index contributed by atoms with van der Waals surface area (Å²) in [6.07, 6.45) is -4.94. The molecule has 4 aromatic rings. The van der Waals surface area contributed by atoms with E-state index in [1.165, 1.54) is 54.6 Å². The molecular formula is C30H26O12. The number of aliphatic hydroxyl groups is 3. The summed E-state index contributed by atoms with van der Waals surface area (Å²) in [6.45, 7) is -0.450. The molecule has 0 spiro atoms. The highest BCUT2D eigenvalue weighted by atomic mass is 16.7. The summed E-state index contributed by atoms with van der Waals surface area (Å²) in [5, 5.41) is 60.1. The Balaban J connectivity index is 1.24. The molecule has 42 heavy (non-hydrogen) atoms. The number of phenols is 3. The highest BCUT2D eigenvalue weighted by molar-refractivity contribution is 5.87. The van der Waals surface area contributed by atoms with Gasteiger partial charge in [-0.25, -0.2) is 4.79 Å². The van der Waals surface area contributed by atoms with E-state index >= 15 is 0 Å². The van der Waals surface area contributed by atoms with Gasteiger partial charge in [-0.1, -0.05) is 12.1 Å². The fourth-order valence-corrected chi connectivity index (χ4v) is 4.31. The lowest BCUT2D eigenvalue weighted by atomic mass is 9.99. The smallest absolute Gasteiger partial charge is 0.330 e. The van der Waals surface area contributed by atoms with Gasteiger partial charge in [0.15, 0.2) is 16.8 Å². The number of hydrogen-bond donors (Lipinski definition) is 6. The van der Waals surface area contributed by atoms with Crippen molar-refractivity contribution in [2.24, 2.45) is 0 Å². The third-order valence-electron chi connectivity index (χ3n) is 6.55. The molecule has 3 aromatic carbocycles. The minimum absolute atomic E-state index is 0.00832. The highest BCUT2D eigenvalue weighted by Gasteiger charge is 2.45. The first-order valence-electron chi connectivity index (χ1n) is 12.7. The Labute approximate surface area is 237 Å². The summed E-state index contributed by atoms with van der Waals surface area (Å²) in [7, 11) is 0. The van der Waals surface area contributed by atoms with Gasteiger partial charge in [0.2, 0.25) is 6.29 Å². The lowest BCUT2D eigenvalue weighted by molar-refractivity contribution is -0.278. The molecule has 2 heterocycles. The number of esters is 1. The molecule has 0 unspecified atom stereocenters. The maximum absolute atomic E-state index is 12.5. The molecule has 0 radical (unpaired) electrons. The van der Waals surface area contributed by atoms with Crippen molar-refractivity contribution in [2.45, 2.75) is 30.7 Å². The van der Waals surface area contributed by atoms with Crippen LogP contribution >= 0.6 is 0 Å². The summed E-state index contributed by atoms with van der Waals surface area (Å²) >= 11 is 0. The van der Waals surface area contributed by atoms with E-state index in [0.717, 1.165) is 12.1 Å². The van der Waals surface area contributed by atoms with E-state index in [0.29, 0.717) is 11.1 Å². The van der Waals surface area contributed by atoms with Gasteiger partial charge in [0, 0.05) is 23.8 Å². The molecule has 1 aliphatic heterocycles. The summed E-state index contributed by atoms with van der Waals surface area (Å²) in [6, 6.07) is 15.6. The van der Waals surface area contributed by atoms with E-state index in [1.807, 2.05) is 0 Å². The van der Waals surface area contributed by atoms with Crippen LogP contribution in [0.15, 0.2) is 82.0 Å². The molecule has 1 saturated heterocycles. The molecular weight excluding hydrogens is 552 g/mol. The fraction of sp³-hybridized carbons (Fsp3) is 0.200. The molecule has 1 aliphatic rings. The third-order valence-corrected chi connectivity index (χ3v) is 6.55. The second-order valence-corrected chi connectivity index (χ2v) is 9.53. The van der Waals surface area contributed by atoms with Crippen molar-refractivity contribution in [1.29, 1.82) is 0 Å². The number of rotatable bonds is 7. The molecule has 12 nitrogen and oxygen atoms in total. The van der Waals surface area contributed by atoms with Crippen molar-refractivity contribution in [3.8, 4) is 34.3 Å². The van der Waals surface area contributed by atoms with Crippen LogP contribution in [0.5, 0.6) is 23.0 Å². The largest absolute Gasteiger partial charge is 0.508 e. The Hall–Kier alpha value is -4.88. The first-order chi connectivity index (χ1) is 20.1. The number of carbonyl (C=O) groups excluding carboxylic acids is 1. The molecule has 0 saturated carbocycles. The van der Waals surface area contributed by atoms with Gasteiger partial charge in [-0.2, -0.15) is 0 Å². The number of benzene rings is 3. The van der Waals surface area contributed by atoms with E-state index in [2.05, 4.69) is 0 Å². The average molecular weight is 579 g/mol. The summed E-state index contributed by atoms with van der Waals surface area (Å²) in [5.41, 5.74) is 0.508. The zero-order valence-corrected chi connectivity index (χ0v) is 21.7. The third kappa shape index (κ3) is 6.21. The van der Waals surface area contributed by atoms with Crippen LogP contribution in [0.25, 0.3) is 28.4 Å². The molecule has 12 heteroatoms. The van der Waals surface area contributed by atoms with Crippen LogP contribution in [-0.4, -0.2) is 73.9 Å². The standard InChI is InChI=1S/C30H26O12/c31-17-6-1-15(2-7-17)3-10-25(35)39-14-24-26(36)27(37)28(38)30(42-24)40-19-8-4-16(5-9-19)23-13-21(33)20-11-18(32)12-22(34)29(20)41-23/h1-13,24,26-28,30-32,34,36-38H,14H2/b10-3+/t24-,26-,27+,28-,30-/m1/s1. The van der Waals surface area contributed by atoms with Crippen LogP contribution in [0.4, 0.5) is 0 Å². The van der Waals surface area contributed by atoms with Crippen LogP contribution in [-0.2, 0) is 14.3 Å². The molecule has 1 aromatic heterocycles. The fourth-order valence-electron chi connectivity index (χ4n) is 4.31. The minimum Gasteiger partial charge on any atom is -0.508 e. The van der Waals surface area contributed by atoms with E-state index in [-0.39, 0.29) is 34.0 Å². The Morgan fingerprint density at radius 1 is 0.857 bits per heavy atom. The van der Waals surface area contributed by atoms with E-state index in [9.17, 15) is 40.2 Å². The van der Waals surface area contributed by atoms with Crippen LogP contribution < -0.4 is 10.2 Å². The molecule has 0 aliphatic carbocycles. The Morgan fingerprint density at radius 3 is 2.29 bits per heavy atom. The van der Waals surface area contributed by atoms with Gasteiger partial charge in [0.1, 0.15) is 54.0 Å². The molecule has 0 amide bonds. The van der Waals surface area contributed by atoms with E-state index < -0.39 is 54.5 Å². The monoisotopic (exact) mass is 578 g/mol. The van der Waals surface area contributed by atoms with Crippen molar-refractivity contribution in [3.63, 3.8) is 0 Å². The van der Waals surface area contributed by atoms with Crippen LogP contribution in [0, 0.1) is 0 Å². The predicted octanol–water partition coefficient (Wildman–Crippen LogP) is 2.02. The molecule has 0 bridgehead atoms. The summed E-state index contributed by atoms with van der Waals surface area (Å²) in [4.78, 5) is 24.6. The Kier molecular flexibility index (Phi) is 8.13. The normalized spacial score (nSPS) is 22.3. The van der Waals surface area contributed by atoms with Crippen molar-refractivity contribution >= 4 is 23.0 Å². The van der Waals surface area contributed by atoms with Crippen LogP contribution in [0.1, 0.15) is 5.56 Å². The van der Waals surface area contributed by atoms with Crippen LogP contribution in [0.2, 0.25) is 0 Å². The van der Waals surface area contributed by atoms with E-state index in [4.69, 9.17) is 18.6 Å². The number of aromatic hydroxyl groups is 3. The SMILES string of the molecule is O=C(/C=C/c1ccc(O)cc1)OC[C@H]1O[C@@H](Oc2ccc(-c3cc(=O)c4cc(O)cc(O)c4o3)cc2)[C@H](O)[C@@H](O)[C@@H]1O. The second kappa shape index (κ2) is 11.9. The highest BCUT2D eigenvalue weighted by Crippen LogP contribution is 2.32. The second-order valence-electron chi connectivity index (χ2n) is 9.53. The first-order valence-corrected chi connectivity index (χ1v) is 12.7. The topological polar surface area (TPSA) is 196 Å². The lowest BCUT2D eigenvalue weighted by Crippen LogP contribution is -2.60. The van der Waals surface area contributed by atoms with Crippen molar-refractivity contribution in [3.05, 3.63) is 88.6 Å². The molecule has 1 fully saturated rings. The van der Waals surface area contributed by atoms with Gasteiger partial charge in [-0.05, 0) is 54.1 Å². The Morgan fingerprint density at radius 2 is 1.57 bits per heavy atom. The number of hydrogen-bond acceptors (Lipinski definition) is 12. The van der Waals surface area contributed by atoms with Gasteiger partial charge < -0.3 is 49.3 Å². The van der Waals surface area contributed by atoms with Crippen molar-refractivity contribution in [2.75, 3.05) is 6.61 Å². The maximum atomic E-state index is 12.5. The first kappa shape index (κ1) is 28.6. The maximum Gasteiger partial charge on any atom is 0.330 e. The van der Waals surface area contributed by atoms with Gasteiger partial charge in [-0.3, -0.25) is 4.79 Å². The quantitative estimate of drug-likeness (QED) is 0.138. The molecule has 5 atom stereocenters. The number of ether oxygens (including phenoxy) is 3. The Bertz CT molecular complexity index is 1660. The zero-order chi connectivity index (χ0) is 30.0. The summed E-state index contributed by atoms with van der Waals surface area (Å²) < 4.78 is 22.1. The van der Waals surface area contributed by atoms with Gasteiger partial charge in [-0.15, -0.1) is 0 Å². The number of phenolic OH excluding ortho intramolecular Hbond substituents is 3. The molecule has 218 valence electrons. The van der Waals surface area contributed by atoms with Gasteiger partial charge >= 0.3 is 5.97 Å². The molecule has 5 rings (SSSR count). The zero-order valence-electron chi connectivity index (χ0n) is 21.7. The minimum atomic E-state index is -1.67. The number of carbonyl (C=O) groups is 1. The predicted molar refractivity (Wildman–Crippen MR) is 147 cm³/mol.